The lowest BCUT2D eigenvalue weighted by Gasteiger charge is -2.33. The van der Waals surface area contributed by atoms with Gasteiger partial charge >= 0.3 is 0 Å². The number of carbonyl (C=O) groups excluding carboxylic acids is 1. The molecule has 1 aromatic heterocycles. The molecule has 0 aliphatic carbocycles. The lowest BCUT2D eigenvalue weighted by Crippen LogP contribution is -2.44. The molecule has 0 spiro atoms. The van der Waals surface area contributed by atoms with Crippen molar-refractivity contribution in [2.24, 2.45) is 10.4 Å². The first kappa shape index (κ1) is 23.6. The fourth-order valence-corrected chi connectivity index (χ4v) is 4.05. The Kier molecular flexibility index (Phi) is 9.39. The van der Waals surface area contributed by atoms with E-state index in [2.05, 4.69) is 46.8 Å². The second-order valence-corrected chi connectivity index (χ2v) is 9.58. The molecule has 0 bridgehead atoms. The third-order valence-electron chi connectivity index (χ3n) is 4.73. The number of morpholine rings is 1. The largest absolute Gasteiger partial charge is 0.379 e. The van der Waals surface area contributed by atoms with Crippen LogP contribution in [0.25, 0.3) is 0 Å². The number of ether oxygens (including phenoxy) is 1. The maximum atomic E-state index is 12.0. The van der Waals surface area contributed by atoms with Crippen molar-refractivity contribution < 1.29 is 9.53 Å². The van der Waals surface area contributed by atoms with Crippen LogP contribution in [0.3, 0.4) is 0 Å². The summed E-state index contributed by atoms with van der Waals surface area (Å²) in [5, 5.41) is 9.59. The van der Waals surface area contributed by atoms with Crippen molar-refractivity contribution in [2.45, 2.75) is 40.7 Å². The van der Waals surface area contributed by atoms with E-state index in [1.54, 1.807) is 0 Å². The molecule has 2 rings (SSSR count). The minimum atomic E-state index is -0.372. The number of carbonyl (C=O) groups is 1. The standard InChI is InChI=1S/C21H37N5O2S/c1-6-22-20(24-10-9-23-19(27)21(3,4)5)25-15-17(18-8-7-16(2)29-18)26-11-13-28-14-12-26/h7-8,17H,6,9-15H2,1-5H3,(H,23,27)(H2,22,24,25). The van der Waals surface area contributed by atoms with E-state index in [-0.39, 0.29) is 17.4 Å². The van der Waals surface area contributed by atoms with Gasteiger partial charge in [-0.25, -0.2) is 0 Å². The molecule has 0 aromatic carbocycles. The summed E-state index contributed by atoms with van der Waals surface area (Å²) in [7, 11) is 0. The maximum absolute atomic E-state index is 12.0. The van der Waals surface area contributed by atoms with Crippen LogP contribution in [0.4, 0.5) is 0 Å². The Morgan fingerprint density at radius 1 is 1.21 bits per heavy atom. The molecular formula is C21H37N5O2S. The molecule has 1 aliphatic heterocycles. The summed E-state index contributed by atoms with van der Waals surface area (Å²) in [6, 6.07) is 4.66. The van der Waals surface area contributed by atoms with Crippen LogP contribution in [0.2, 0.25) is 0 Å². The van der Waals surface area contributed by atoms with Crippen molar-refractivity contribution in [2.75, 3.05) is 52.5 Å². The highest BCUT2D eigenvalue weighted by atomic mass is 32.1. The van der Waals surface area contributed by atoms with Crippen LogP contribution in [-0.4, -0.2) is 69.2 Å². The number of amides is 1. The molecule has 3 N–H and O–H groups in total. The van der Waals surface area contributed by atoms with Gasteiger partial charge in [0.05, 0.1) is 25.8 Å². The first-order valence-electron chi connectivity index (χ1n) is 10.5. The van der Waals surface area contributed by atoms with Gasteiger partial charge in [0.25, 0.3) is 0 Å². The molecule has 2 heterocycles. The summed E-state index contributed by atoms with van der Waals surface area (Å²) in [4.78, 5) is 22.0. The molecule has 1 fully saturated rings. The Morgan fingerprint density at radius 2 is 1.90 bits per heavy atom. The highest BCUT2D eigenvalue weighted by Gasteiger charge is 2.24. The van der Waals surface area contributed by atoms with E-state index in [0.29, 0.717) is 19.6 Å². The maximum Gasteiger partial charge on any atom is 0.225 e. The Morgan fingerprint density at radius 3 is 2.48 bits per heavy atom. The van der Waals surface area contributed by atoms with Gasteiger partial charge in [-0.05, 0) is 26.0 Å². The van der Waals surface area contributed by atoms with Gasteiger partial charge in [-0.1, -0.05) is 20.8 Å². The zero-order valence-corrected chi connectivity index (χ0v) is 19.3. The molecule has 0 saturated carbocycles. The first-order valence-corrected chi connectivity index (χ1v) is 11.3. The molecule has 1 aromatic rings. The van der Waals surface area contributed by atoms with Crippen molar-refractivity contribution in [3.63, 3.8) is 0 Å². The van der Waals surface area contributed by atoms with Crippen molar-refractivity contribution in [1.29, 1.82) is 0 Å². The highest BCUT2D eigenvalue weighted by Crippen LogP contribution is 2.28. The molecule has 1 atom stereocenters. The number of nitrogens with one attached hydrogen (secondary N) is 3. The average Bonchev–Trinajstić information content (AvgIpc) is 3.11. The molecule has 8 heteroatoms. The number of aryl methyl sites for hydroxylation is 1. The Labute approximate surface area is 179 Å². The fraction of sp³-hybridized carbons (Fsp3) is 0.714. The van der Waals surface area contributed by atoms with Crippen LogP contribution in [0, 0.1) is 12.3 Å². The first-order chi connectivity index (χ1) is 13.8. The summed E-state index contributed by atoms with van der Waals surface area (Å²) in [6.45, 7) is 16.0. The van der Waals surface area contributed by atoms with Gasteiger partial charge < -0.3 is 20.7 Å². The van der Waals surface area contributed by atoms with Crippen LogP contribution in [-0.2, 0) is 9.53 Å². The highest BCUT2D eigenvalue weighted by molar-refractivity contribution is 7.12. The number of aliphatic imine (C=N–C) groups is 1. The summed E-state index contributed by atoms with van der Waals surface area (Å²) < 4.78 is 5.53. The monoisotopic (exact) mass is 423 g/mol. The van der Waals surface area contributed by atoms with Crippen LogP contribution >= 0.6 is 11.3 Å². The third-order valence-corrected chi connectivity index (χ3v) is 5.83. The van der Waals surface area contributed by atoms with Crippen molar-refractivity contribution in [3.8, 4) is 0 Å². The Hall–Kier alpha value is -1.64. The van der Waals surface area contributed by atoms with Gasteiger partial charge in [-0.2, -0.15) is 0 Å². The summed E-state index contributed by atoms with van der Waals surface area (Å²) >= 11 is 1.84. The van der Waals surface area contributed by atoms with E-state index in [9.17, 15) is 4.79 Å². The summed E-state index contributed by atoms with van der Waals surface area (Å²) in [5.74, 6) is 0.839. The molecule has 1 aliphatic rings. The van der Waals surface area contributed by atoms with E-state index in [4.69, 9.17) is 9.73 Å². The Balaban J connectivity index is 1.96. The van der Waals surface area contributed by atoms with E-state index >= 15 is 0 Å². The van der Waals surface area contributed by atoms with Gasteiger partial charge in [-0.3, -0.25) is 14.7 Å². The number of hydrogen-bond donors (Lipinski definition) is 3. The minimum absolute atomic E-state index is 0.0571. The number of nitrogens with zero attached hydrogens (tertiary/aromatic N) is 2. The van der Waals surface area contributed by atoms with Crippen LogP contribution in [0.1, 0.15) is 43.5 Å². The van der Waals surface area contributed by atoms with Gasteiger partial charge in [0.1, 0.15) is 0 Å². The second-order valence-electron chi connectivity index (χ2n) is 8.26. The minimum Gasteiger partial charge on any atom is -0.379 e. The van der Waals surface area contributed by atoms with E-state index < -0.39 is 0 Å². The summed E-state index contributed by atoms with van der Waals surface area (Å²) in [6.07, 6.45) is 0. The fourth-order valence-electron chi connectivity index (χ4n) is 3.05. The van der Waals surface area contributed by atoms with Crippen molar-refractivity contribution in [1.82, 2.24) is 20.9 Å². The molecule has 1 unspecified atom stereocenters. The zero-order valence-electron chi connectivity index (χ0n) is 18.5. The predicted molar refractivity (Wildman–Crippen MR) is 121 cm³/mol. The molecule has 1 saturated heterocycles. The molecule has 29 heavy (non-hydrogen) atoms. The number of hydrogen-bond acceptors (Lipinski definition) is 5. The third kappa shape index (κ3) is 7.95. The lowest BCUT2D eigenvalue weighted by molar-refractivity contribution is -0.128. The molecule has 0 radical (unpaired) electrons. The van der Waals surface area contributed by atoms with Crippen molar-refractivity contribution >= 4 is 23.2 Å². The molecule has 7 nitrogen and oxygen atoms in total. The molecule has 164 valence electrons. The van der Waals surface area contributed by atoms with Gasteiger partial charge in [0.15, 0.2) is 5.96 Å². The smallest absolute Gasteiger partial charge is 0.225 e. The Bertz CT molecular complexity index is 662. The topological polar surface area (TPSA) is 78.0 Å². The number of thiophene rings is 1. The van der Waals surface area contributed by atoms with E-state index in [1.165, 1.54) is 9.75 Å². The van der Waals surface area contributed by atoms with Crippen LogP contribution in [0.15, 0.2) is 17.1 Å². The SMILES string of the molecule is CCNC(=NCC(c1ccc(C)s1)N1CCOCC1)NCCNC(=O)C(C)(C)C. The van der Waals surface area contributed by atoms with E-state index in [0.717, 1.165) is 38.8 Å². The zero-order chi connectivity index (χ0) is 21.3. The predicted octanol–water partition coefficient (Wildman–Crippen LogP) is 2.15. The lowest BCUT2D eigenvalue weighted by atomic mass is 9.96. The van der Waals surface area contributed by atoms with Gasteiger partial charge in [-0.15, -0.1) is 11.3 Å². The van der Waals surface area contributed by atoms with E-state index in [1.807, 2.05) is 32.1 Å². The van der Waals surface area contributed by atoms with Crippen LogP contribution in [0.5, 0.6) is 0 Å². The molecule has 1 amide bonds. The van der Waals surface area contributed by atoms with Crippen LogP contribution < -0.4 is 16.0 Å². The quantitative estimate of drug-likeness (QED) is 0.339. The average molecular weight is 424 g/mol. The summed E-state index contributed by atoms with van der Waals surface area (Å²) in [5.41, 5.74) is -0.372. The van der Waals surface area contributed by atoms with Gasteiger partial charge in [0, 0.05) is 47.9 Å². The normalized spacial score (nSPS) is 17.1. The number of rotatable bonds is 8. The number of guanidine groups is 1. The molecular weight excluding hydrogens is 386 g/mol. The second kappa shape index (κ2) is 11.5. The van der Waals surface area contributed by atoms with Crippen molar-refractivity contribution in [3.05, 3.63) is 21.9 Å². The van der Waals surface area contributed by atoms with Gasteiger partial charge in [0.2, 0.25) is 5.91 Å².